The summed E-state index contributed by atoms with van der Waals surface area (Å²) in [5.74, 6) is 0.0809. The molecule has 0 heterocycles. The Morgan fingerprint density at radius 3 is 2.22 bits per heavy atom. The number of benzene rings is 1. The molecule has 0 fully saturated rings. The fourth-order valence-electron chi connectivity index (χ4n) is 3.57. The summed E-state index contributed by atoms with van der Waals surface area (Å²) in [4.78, 5) is 1.95. The Bertz CT molecular complexity index is 612. The van der Waals surface area contributed by atoms with Crippen molar-refractivity contribution in [1.82, 2.24) is 4.90 Å². The van der Waals surface area contributed by atoms with E-state index in [2.05, 4.69) is 13.8 Å². The molecule has 0 aliphatic heterocycles. The van der Waals surface area contributed by atoms with Crippen molar-refractivity contribution >= 4 is 10.1 Å². The van der Waals surface area contributed by atoms with Crippen molar-refractivity contribution in [2.75, 3.05) is 33.0 Å². The first-order chi connectivity index (χ1) is 12.7. The van der Waals surface area contributed by atoms with E-state index in [1.54, 1.807) is 0 Å². The minimum absolute atomic E-state index is 0.000377. The summed E-state index contributed by atoms with van der Waals surface area (Å²) in [6.45, 7) is 4.92. The normalized spacial score (nSPS) is 14.6. The van der Waals surface area contributed by atoms with Crippen LogP contribution in [0.15, 0.2) is 30.3 Å². The highest BCUT2D eigenvalue weighted by Gasteiger charge is 2.37. The van der Waals surface area contributed by atoms with Gasteiger partial charge in [0.25, 0.3) is 10.1 Å². The fraction of sp³-hybridized carbons (Fsp3) is 0.714. The van der Waals surface area contributed by atoms with Crippen LogP contribution in [0.1, 0.15) is 57.9 Å². The van der Waals surface area contributed by atoms with E-state index in [-0.39, 0.29) is 24.7 Å². The first kappa shape index (κ1) is 24.1. The second-order valence-corrected chi connectivity index (χ2v) is 9.31. The SMILES string of the molecule is CCCC(CCC)C(O)(CCOS(=O)(=O)CCCN(C)C)c1ccccc1. The van der Waals surface area contributed by atoms with Crippen LogP contribution >= 0.6 is 0 Å². The van der Waals surface area contributed by atoms with Crippen molar-refractivity contribution in [2.45, 2.75) is 58.0 Å². The molecule has 5 nitrogen and oxygen atoms in total. The highest BCUT2D eigenvalue weighted by molar-refractivity contribution is 7.86. The Labute approximate surface area is 165 Å². The van der Waals surface area contributed by atoms with Crippen LogP contribution in [0.2, 0.25) is 0 Å². The molecule has 0 saturated carbocycles. The van der Waals surface area contributed by atoms with Gasteiger partial charge in [0, 0.05) is 6.42 Å². The lowest BCUT2D eigenvalue weighted by Crippen LogP contribution is -2.37. The zero-order valence-corrected chi connectivity index (χ0v) is 18.2. The molecule has 1 atom stereocenters. The van der Waals surface area contributed by atoms with Crippen LogP contribution in [0.25, 0.3) is 0 Å². The minimum atomic E-state index is -3.57. The Hall–Kier alpha value is -0.950. The van der Waals surface area contributed by atoms with Gasteiger partial charge in [-0.2, -0.15) is 8.42 Å². The second-order valence-electron chi connectivity index (χ2n) is 7.56. The largest absolute Gasteiger partial charge is 0.385 e. The molecule has 0 spiro atoms. The number of hydrogen-bond acceptors (Lipinski definition) is 5. The highest BCUT2D eigenvalue weighted by atomic mass is 32.2. The van der Waals surface area contributed by atoms with Gasteiger partial charge in [-0.05, 0) is 51.4 Å². The summed E-state index contributed by atoms with van der Waals surface area (Å²) >= 11 is 0. The summed E-state index contributed by atoms with van der Waals surface area (Å²) in [7, 11) is 0.254. The van der Waals surface area contributed by atoms with Gasteiger partial charge < -0.3 is 10.0 Å². The number of nitrogens with zero attached hydrogens (tertiary/aromatic N) is 1. The van der Waals surface area contributed by atoms with Crippen LogP contribution in [-0.4, -0.2) is 51.4 Å². The van der Waals surface area contributed by atoms with Crippen molar-refractivity contribution in [3.05, 3.63) is 35.9 Å². The third-order valence-electron chi connectivity index (χ3n) is 4.97. The van der Waals surface area contributed by atoms with Crippen LogP contribution in [0.3, 0.4) is 0 Å². The van der Waals surface area contributed by atoms with Crippen molar-refractivity contribution < 1.29 is 17.7 Å². The van der Waals surface area contributed by atoms with E-state index >= 15 is 0 Å². The van der Waals surface area contributed by atoms with Crippen molar-refractivity contribution in [2.24, 2.45) is 5.92 Å². The molecule has 0 radical (unpaired) electrons. The fourth-order valence-corrected chi connectivity index (χ4v) is 4.51. The zero-order valence-electron chi connectivity index (χ0n) is 17.4. The van der Waals surface area contributed by atoms with E-state index in [4.69, 9.17) is 4.18 Å². The average Bonchev–Trinajstić information content (AvgIpc) is 2.61. The van der Waals surface area contributed by atoms with E-state index < -0.39 is 15.7 Å². The van der Waals surface area contributed by atoms with Gasteiger partial charge in [0.15, 0.2) is 0 Å². The van der Waals surface area contributed by atoms with E-state index in [9.17, 15) is 13.5 Å². The van der Waals surface area contributed by atoms with E-state index in [1.165, 1.54) is 0 Å². The molecule has 27 heavy (non-hydrogen) atoms. The predicted molar refractivity (Wildman–Crippen MR) is 111 cm³/mol. The van der Waals surface area contributed by atoms with Crippen LogP contribution < -0.4 is 0 Å². The van der Waals surface area contributed by atoms with Crippen LogP contribution in [0, 0.1) is 5.92 Å². The lowest BCUT2D eigenvalue weighted by atomic mass is 9.75. The van der Waals surface area contributed by atoms with Crippen LogP contribution in [0.4, 0.5) is 0 Å². The van der Waals surface area contributed by atoms with E-state index in [0.717, 1.165) is 31.2 Å². The van der Waals surface area contributed by atoms with Crippen LogP contribution in [0.5, 0.6) is 0 Å². The topological polar surface area (TPSA) is 66.8 Å². The smallest absolute Gasteiger partial charge is 0.267 e. The van der Waals surface area contributed by atoms with Gasteiger partial charge in [0.1, 0.15) is 0 Å². The molecule has 6 heteroatoms. The zero-order chi connectivity index (χ0) is 20.3. The Morgan fingerprint density at radius 1 is 1.11 bits per heavy atom. The number of aliphatic hydroxyl groups is 1. The maximum atomic E-state index is 12.1. The van der Waals surface area contributed by atoms with Crippen molar-refractivity contribution in [1.29, 1.82) is 0 Å². The van der Waals surface area contributed by atoms with Crippen LogP contribution in [-0.2, 0) is 19.9 Å². The van der Waals surface area contributed by atoms with Gasteiger partial charge in [-0.25, -0.2) is 0 Å². The quantitative estimate of drug-likeness (QED) is 0.482. The number of hydrogen-bond donors (Lipinski definition) is 1. The van der Waals surface area contributed by atoms with Gasteiger partial charge in [-0.15, -0.1) is 0 Å². The van der Waals surface area contributed by atoms with E-state index in [1.807, 2.05) is 49.3 Å². The van der Waals surface area contributed by atoms with Gasteiger partial charge >= 0.3 is 0 Å². The maximum Gasteiger partial charge on any atom is 0.267 e. The lowest BCUT2D eigenvalue weighted by Gasteiger charge is -2.37. The highest BCUT2D eigenvalue weighted by Crippen LogP contribution is 2.38. The molecule has 1 aromatic carbocycles. The van der Waals surface area contributed by atoms with Gasteiger partial charge in [0.05, 0.1) is 18.0 Å². The molecular formula is C21H37NO4S. The Balaban J connectivity index is 2.83. The third-order valence-corrected chi connectivity index (χ3v) is 6.28. The summed E-state index contributed by atoms with van der Waals surface area (Å²) in [6.07, 6.45) is 4.55. The second kappa shape index (κ2) is 11.8. The molecule has 0 bridgehead atoms. The molecule has 0 amide bonds. The van der Waals surface area contributed by atoms with Gasteiger partial charge in [-0.3, -0.25) is 4.18 Å². The molecule has 1 unspecified atom stereocenters. The summed E-state index contributed by atoms with van der Waals surface area (Å²) in [5, 5.41) is 11.6. The number of rotatable bonds is 14. The average molecular weight is 400 g/mol. The molecule has 1 rings (SSSR count). The lowest BCUT2D eigenvalue weighted by molar-refractivity contribution is -0.0475. The first-order valence-electron chi connectivity index (χ1n) is 10.0. The standard InChI is InChI=1S/C21H37NO4S/c1-5-11-19(12-6-2)21(23,20-13-8-7-9-14-20)15-17-26-27(24,25)18-10-16-22(3)4/h7-9,13-14,19,23H,5-6,10-12,15-18H2,1-4H3. The molecule has 1 N–H and O–H groups in total. The monoisotopic (exact) mass is 399 g/mol. The summed E-state index contributed by atoms with van der Waals surface area (Å²) in [5.41, 5.74) is -0.239. The third kappa shape index (κ3) is 8.30. The maximum absolute atomic E-state index is 12.1. The Morgan fingerprint density at radius 2 is 1.70 bits per heavy atom. The molecule has 0 aliphatic rings. The molecule has 0 saturated heterocycles. The molecule has 0 aromatic heterocycles. The van der Waals surface area contributed by atoms with E-state index in [0.29, 0.717) is 13.0 Å². The minimum Gasteiger partial charge on any atom is -0.385 e. The predicted octanol–water partition coefficient (Wildman–Crippen LogP) is 3.78. The molecule has 0 aliphatic carbocycles. The Kier molecular flexibility index (Phi) is 10.5. The first-order valence-corrected chi connectivity index (χ1v) is 11.6. The molecule has 1 aromatic rings. The van der Waals surface area contributed by atoms with Crippen molar-refractivity contribution in [3.63, 3.8) is 0 Å². The summed E-state index contributed by atoms with van der Waals surface area (Å²) < 4.78 is 29.5. The van der Waals surface area contributed by atoms with Crippen molar-refractivity contribution in [3.8, 4) is 0 Å². The van der Waals surface area contributed by atoms with Gasteiger partial charge in [0.2, 0.25) is 0 Å². The summed E-state index contributed by atoms with van der Waals surface area (Å²) in [6, 6.07) is 9.58. The van der Waals surface area contributed by atoms with Gasteiger partial charge in [-0.1, -0.05) is 57.0 Å². The molecular weight excluding hydrogens is 362 g/mol. The molecule has 156 valence electrons.